The van der Waals surface area contributed by atoms with Crippen LogP contribution in [-0.2, 0) is 0 Å². The second kappa shape index (κ2) is 7.82. The van der Waals surface area contributed by atoms with Crippen molar-refractivity contribution in [2.75, 3.05) is 12.4 Å². The number of ether oxygens (including phenoxy) is 1. The molecule has 0 bridgehead atoms. The van der Waals surface area contributed by atoms with Crippen molar-refractivity contribution in [1.29, 1.82) is 0 Å². The molecule has 1 aromatic carbocycles. The van der Waals surface area contributed by atoms with E-state index in [2.05, 4.69) is 12.6 Å². The van der Waals surface area contributed by atoms with E-state index in [4.69, 9.17) is 22.1 Å². The van der Waals surface area contributed by atoms with Crippen LogP contribution in [0.15, 0.2) is 24.3 Å². The summed E-state index contributed by atoms with van der Waals surface area (Å²) in [6.45, 7) is 0.723. The van der Waals surface area contributed by atoms with Crippen molar-refractivity contribution < 1.29 is 4.74 Å². The largest absolute Gasteiger partial charge is 0.494 e. The van der Waals surface area contributed by atoms with Crippen LogP contribution in [0, 0.1) is 0 Å². The Kier molecular flexibility index (Phi) is 6.69. The summed E-state index contributed by atoms with van der Waals surface area (Å²) in [4.78, 5) is 0. The molecule has 0 amide bonds. The molecule has 2 nitrogen and oxygen atoms in total. The van der Waals surface area contributed by atoms with Gasteiger partial charge in [-0.3, -0.25) is 0 Å². The highest BCUT2D eigenvalue weighted by Gasteiger charge is 1.99. The van der Waals surface area contributed by atoms with Crippen molar-refractivity contribution in [1.82, 2.24) is 0 Å². The Morgan fingerprint density at radius 2 is 1.94 bits per heavy atom. The molecular formula is C12H18ClNOS. The Morgan fingerprint density at radius 3 is 2.56 bits per heavy atom. The van der Waals surface area contributed by atoms with E-state index in [0.717, 1.165) is 42.4 Å². The minimum Gasteiger partial charge on any atom is -0.494 e. The van der Waals surface area contributed by atoms with Gasteiger partial charge in [-0.1, -0.05) is 11.6 Å². The van der Waals surface area contributed by atoms with E-state index >= 15 is 0 Å². The number of rotatable bonds is 7. The molecule has 16 heavy (non-hydrogen) atoms. The molecule has 0 aliphatic heterocycles. The van der Waals surface area contributed by atoms with Crippen molar-refractivity contribution in [3.63, 3.8) is 0 Å². The Balaban J connectivity index is 2.09. The number of thiol groups is 1. The van der Waals surface area contributed by atoms with Gasteiger partial charge in [0.2, 0.25) is 0 Å². The Bertz CT molecular complexity index is 292. The van der Waals surface area contributed by atoms with E-state index in [0.29, 0.717) is 0 Å². The lowest BCUT2D eigenvalue weighted by Gasteiger charge is -2.08. The summed E-state index contributed by atoms with van der Waals surface area (Å²) >= 11 is 9.91. The Labute approximate surface area is 108 Å². The standard InChI is InChI=1S/C12H18ClNOS/c13-10-4-6-12(7-5-10)15-8-2-1-3-11(14)9-16/h4-7,11,16H,1-3,8-9,14H2. The number of nitrogens with two attached hydrogens (primary N) is 1. The van der Waals surface area contributed by atoms with Crippen LogP contribution >= 0.6 is 24.2 Å². The predicted molar refractivity (Wildman–Crippen MR) is 72.6 cm³/mol. The zero-order valence-electron chi connectivity index (χ0n) is 9.23. The first kappa shape index (κ1) is 13.7. The molecule has 1 atom stereocenters. The summed E-state index contributed by atoms with van der Waals surface area (Å²) in [6, 6.07) is 7.62. The van der Waals surface area contributed by atoms with Crippen molar-refractivity contribution >= 4 is 24.2 Å². The molecule has 0 aliphatic rings. The van der Waals surface area contributed by atoms with Gasteiger partial charge in [0.15, 0.2) is 0 Å². The molecule has 0 aliphatic carbocycles. The van der Waals surface area contributed by atoms with Gasteiger partial charge >= 0.3 is 0 Å². The highest BCUT2D eigenvalue weighted by Crippen LogP contribution is 2.15. The van der Waals surface area contributed by atoms with Crippen LogP contribution in [-0.4, -0.2) is 18.4 Å². The molecule has 2 N–H and O–H groups in total. The van der Waals surface area contributed by atoms with Crippen molar-refractivity contribution in [2.45, 2.75) is 25.3 Å². The second-order valence-electron chi connectivity index (χ2n) is 3.74. The zero-order chi connectivity index (χ0) is 11.8. The van der Waals surface area contributed by atoms with Gasteiger partial charge in [-0.15, -0.1) is 0 Å². The smallest absolute Gasteiger partial charge is 0.119 e. The summed E-state index contributed by atoms with van der Waals surface area (Å²) in [5, 5.41) is 0.729. The number of unbranched alkanes of at least 4 members (excludes halogenated alkanes) is 1. The third-order valence-electron chi connectivity index (χ3n) is 2.29. The third-order valence-corrected chi connectivity index (χ3v) is 3.01. The van der Waals surface area contributed by atoms with Gasteiger partial charge in [-0.05, 0) is 43.5 Å². The molecule has 4 heteroatoms. The first-order valence-corrected chi connectivity index (χ1v) is 6.48. The molecule has 90 valence electrons. The molecule has 1 rings (SSSR count). The molecule has 0 saturated heterocycles. The summed E-state index contributed by atoms with van der Waals surface area (Å²) in [5.41, 5.74) is 5.75. The number of benzene rings is 1. The van der Waals surface area contributed by atoms with Crippen LogP contribution < -0.4 is 10.5 Å². The minimum absolute atomic E-state index is 0.207. The van der Waals surface area contributed by atoms with E-state index < -0.39 is 0 Å². The fraction of sp³-hybridized carbons (Fsp3) is 0.500. The van der Waals surface area contributed by atoms with Gasteiger partial charge in [0, 0.05) is 16.8 Å². The maximum Gasteiger partial charge on any atom is 0.119 e. The van der Waals surface area contributed by atoms with Crippen molar-refractivity contribution in [3.05, 3.63) is 29.3 Å². The lowest BCUT2D eigenvalue weighted by Crippen LogP contribution is -2.21. The molecule has 0 heterocycles. The SMILES string of the molecule is NC(CS)CCCCOc1ccc(Cl)cc1. The first-order chi connectivity index (χ1) is 7.72. The van der Waals surface area contributed by atoms with Crippen molar-refractivity contribution in [2.24, 2.45) is 5.73 Å². The quantitative estimate of drug-likeness (QED) is 0.583. The summed E-state index contributed by atoms with van der Waals surface area (Å²) in [7, 11) is 0. The third kappa shape index (κ3) is 5.64. The Hall–Kier alpha value is -0.380. The van der Waals surface area contributed by atoms with E-state index in [9.17, 15) is 0 Å². The number of hydrogen-bond acceptors (Lipinski definition) is 3. The first-order valence-electron chi connectivity index (χ1n) is 5.47. The van der Waals surface area contributed by atoms with Gasteiger partial charge in [-0.25, -0.2) is 0 Å². The molecule has 1 aromatic rings. The van der Waals surface area contributed by atoms with Crippen LogP contribution in [0.4, 0.5) is 0 Å². The molecular weight excluding hydrogens is 242 g/mol. The molecule has 1 unspecified atom stereocenters. The van der Waals surface area contributed by atoms with Crippen LogP contribution in [0.25, 0.3) is 0 Å². The molecule has 0 aromatic heterocycles. The van der Waals surface area contributed by atoms with Gasteiger partial charge in [0.25, 0.3) is 0 Å². The molecule has 0 radical (unpaired) electrons. The van der Waals surface area contributed by atoms with Crippen molar-refractivity contribution in [3.8, 4) is 5.75 Å². The Morgan fingerprint density at radius 1 is 1.25 bits per heavy atom. The fourth-order valence-corrected chi connectivity index (χ4v) is 1.63. The highest BCUT2D eigenvalue weighted by molar-refractivity contribution is 7.80. The summed E-state index contributed by atoms with van der Waals surface area (Å²) < 4.78 is 5.56. The molecule has 0 saturated carbocycles. The van der Waals surface area contributed by atoms with Crippen LogP contribution in [0.5, 0.6) is 5.75 Å². The maximum absolute atomic E-state index is 5.77. The van der Waals surface area contributed by atoms with Gasteiger partial charge < -0.3 is 10.5 Å². The second-order valence-corrected chi connectivity index (χ2v) is 4.54. The minimum atomic E-state index is 0.207. The van der Waals surface area contributed by atoms with Gasteiger partial charge in [0.1, 0.15) is 5.75 Å². The van der Waals surface area contributed by atoms with E-state index in [1.165, 1.54) is 0 Å². The lowest BCUT2D eigenvalue weighted by molar-refractivity contribution is 0.304. The molecule has 0 spiro atoms. The topological polar surface area (TPSA) is 35.2 Å². The van der Waals surface area contributed by atoms with E-state index in [-0.39, 0.29) is 6.04 Å². The van der Waals surface area contributed by atoms with Crippen LogP contribution in [0.3, 0.4) is 0 Å². The van der Waals surface area contributed by atoms with Gasteiger partial charge in [-0.2, -0.15) is 12.6 Å². The van der Waals surface area contributed by atoms with E-state index in [1.807, 2.05) is 24.3 Å². The monoisotopic (exact) mass is 259 g/mol. The van der Waals surface area contributed by atoms with Gasteiger partial charge in [0.05, 0.1) is 6.61 Å². The van der Waals surface area contributed by atoms with Crippen LogP contribution in [0.2, 0.25) is 5.02 Å². The maximum atomic E-state index is 5.77. The predicted octanol–water partition coefficient (Wildman–Crippen LogP) is 3.15. The average Bonchev–Trinajstić information content (AvgIpc) is 2.31. The lowest BCUT2D eigenvalue weighted by atomic mass is 10.1. The number of halogens is 1. The van der Waals surface area contributed by atoms with Crippen LogP contribution in [0.1, 0.15) is 19.3 Å². The summed E-state index contributed by atoms with van der Waals surface area (Å²) in [6.07, 6.45) is 3.10. The summed E-state index contributed by atoms with van der Waals surface area (Å²) in [5.74, 6) is 1.61. The molecule has 0 fully saturated rings. The van der Waals surface area contributed by atoms with E-state index in [1.54, 1.807) is 0 Å². The normalized spacial score (nSPS) is 12.4. The number of hydrogen-bond donors (Lipinski definition) is 2. The zero-order valence-corrected chi connectivity index (χ0v) is 10.9. The fourth-order valence-electron chi connectivity index (χ4n) is 1.32. The highest BCUT2D eigenvalue weighted by atomic mass is 35.5. The average molecular weight is 260 g/mol.